The predicted octanol–water partition coefficient (Wildman–Crippen LogP) is 4.04. The Bertz CT molecular complexity index is 790. The number of amides is 1. The molecule has 1 fully saturated rings. The second-order valence-corrected chi connectivity index (χ2v) is 8.36. The van der Waals surface area contributed by atoms with E-state index in [1.165, 1.54) is 6.92 Å². The molecular weight excluding hydrogens is 392 g/mol. The molecule has 154 valence electrons. The molecule has 0 aromatic carbocycles. The van der Waals surface area contributed by atoms with E-state index in [0.717, 1.165) is 24.2 Å². The number of hydrogen-bond acceptors (Lipinski definition) is 6. The van der Waals surface area contributed by atoms with E-state index >= 15 is 0 Å². The summed E-state index contributed by atoms with van der Waals surface area (Å²) in [5.74, 6) is -0.920. The first-order valence-electron chi connectivity index (χ1n) is 9.32. The first-order valence-corrected chi connectivity index (χ1v) is 10.1. The molecule has 28 heavy (non-hydrogen) atoms. The highest BCUT2D eigenvalue weighted by molar-refractivity contribution is 7.19. The quantitative estimate of drug-likeness (QED) is 0.648. The van der Waals surface area contributed by atoms with Crippen molar-refractivity contribution in [3.8, 4) is 0 Å². The van der Waals surface area contributed by atoms with Gasteiger partial charge < -0.3 is 14.8 Å². The lowest BCUT2D eigenvalue weighted by Gasteiger charge is -2.35. The van der Waals surface area contributed by atoms with Gasteiger partial charge >= 0.3 is 12.6 Å². The number of rotatable bonds is 8. The normalized spacial score (nSPS) is 21.5. The molecule has 0 radical (unpaired) electrons. The summed E-state index contributed by atoms with van der Waals surface area (Å²) < 4.78 is 35.1. The summed E-state index contributed by atoms with van der Waals surface area (Å²) in [6.45, 7) is -0.156. The first kappa shape index (κ1) is 20.9. The minimum atomic E-state index is -2.95. The van der Waals surface area contributed by atoms with Crippen molar-refractivity contribution in [2.24, 2.45) is 11.3 Å². The molecule has 2 aliphatic rings. The van der Waals surface area contributed by atoms with Crippen LogP contribution in [0.4, 0.5) is 13.8 Å². The summed E-state index contributed by atoms with van der Waals surface area (Å²) in [7, 11) is 0. The number of alkyl halides is 2. The summed E-state index contributed by atoms with van der Waals surface area (Å²) >= 11 is 1.01. The molecule has 0 spiro atoms. The number of hydrogen-bond donors (Lipinski definition) is 1. The molecular formula is C19H23F2NO5S. The fourth-order valence-corrected chi connectivity index (χ4v) is 5.11. The molecule has 1 unspecified atom stereocenters. The lowest BCUT2D eigenvalue weighted by Crippen LogP contribution is -2.40. The van der Waals surface area contributed by atoms with Crippen molar-refractivity contribution in [1.29, 1.82) is 0 Å². The largest absolute Gasteiger partial charge is 0.462 e. The maximum absolute atomic E-state index is 13.4. The lowest BCUT2D eigenvalue weighted by molar-refractivity contribution is -0.148. The zero-order valence-corrected chi connectivity index (χ0v) is 16.6. The Balaban J connectivity index is 1.99. The number of ether oxygens (including phenoxy) is 2. The number of Topliss-reactive ketones (excluding diaryl/α,β-unsaturated/α-hetero) is 1. The van der Waals surface area contributed by atoms with Gasteiger partial charge in [0, 0.05) is 6.92 Å². The summed E-state index contributed by atoms with van der Waals surface area (Å²) in [6.07, 6.45) is 3.15. The van der Waals surface area contributed by atoms with Crippen LogP contribution in [0.3, 0.4) is 0 Å². The second-order valence-electron chi connectivity index (χ2n) is 7.34. The van der Waals surface area contributed by atoms with Crippen molar-refractivity contribution in [2.75, 3.05) is 18.5 Å². The van der Waals surface area contributed by atoms with Crippen molar-refractivity contribution in [3.05, 3.63) is 16.0 Å². The Morgan fingerprint density at radius 2 is 2.07 bits per heavy atom. The molecule has 1 N–H and O–H groups in total. The van der Waals surface area contributed by atoms with Crippen LogP contribution in [0.1, 0.15) is 65.1 Å². The smallest absolute Gasteiger partial charge is 0.345 e. The molecule has 0 saturated heterocycles. The van der Waals surface area contributed by atoms with Gasteiger partial charge in [-0.2, -0.15) is 8.78 Å². The highest BCUT2D eigenvalue weighted by atomic mass is 32.1. The summed E-state index contributed by atoms with van der Waals surface area (Å²) in [4.78, 5) is 37.7. The Kier molecular flexibility index (Phi) is 6.14. The number of anilines is 1. The first-order chi connectivity index (χ1) is 13.3. The molecule has 0 bridgehead atoms. The van der Waals surface area contributed by atoms with Crippen LogP contribution in [0, 0.1) is 11.3 Å². The fourth-order valence-electron chi connectivity index (χ4n) is 3.76. The third kappa shape index (κ3) is 4.25. The van der Waals surface area contributed by atoms with Crippen molar-refractivity contribution in [1.82, 2.24) is 0 Å². The van der Waals surface area contributed by atoms with Crippen LogP contribution in [-0.2, 0) is 20.7 Å². The van der Waals surface area contributed by atoms with Gasteiger partial charge in [0.25, 0.3) is 0 Å². The SMILES string of the molecule is CCOC(=O)c1c(NC(C)=O)sc2c1CCC(COC(F)F)(CC1CC1)C2=O. The Morgan fingerprint density at radius 1 is 1.36 bits per heavy atom. The zero-order valence-electron chi connectivity index (χ0n) is 15.8. The maximum Gasteiger partial charge on any atom is 0.345 e. The average molecular weight is 415 g/mol. The number of carbonyl (C=O) groups excluding carboxylic acids is 3. The lowest BCUT2D eigenvalue weighted by atomic mass is 9.70. The second kappa shape index (κ2) is 8.24. The van der Waals surface area contributed by atoms with E-state index in [1.807, 2.05) is 0 Å². The number of thiophene rings is 1. The van der Waals surface area contributed by atoms with Gasteiger partial charge in [-0.15, -0.1) is 11.3 Å². The number of ketones is 1. The molecule has 1 saturated carbocycles. The number of carbonyl (C=O) groups is 3. The van der Waals surface area contributed by atoms with E-state index in [9.17, 15) is 23.2 Å². The van der Waals surface area contributed by atoms with Crippen molar-refractivity contribution in [3.63, 3.8) is 0 Å². The van der Waals surface area contributed by atoms with Crippen LogP contribution in [0.5, 0.6) is 0 Å². The van der Waals surface area contributed by atoms with E-state index in [1.54, 1.807) is 6.92 Å². The van der Waals surface area contributed by atoms with Gasteiger partial charge in [-0.05, 0) is 37.7 Å². The van der Waals surface area contributed by atoms with Crippen LogP contribution in [0.25, 0.3) is 0 Å². The van der Waals surface area contributed by atoms with Gasteiger partial charge in [0.2, 0.25) is 5.91 Å². The number of esters is 1. The topological polar surface area (TPSA) is 81.7 Å². The third-order valence-corrected chi connectivity index (χ3v) is 6.33. The van der Waals surface area contributed by atoms with E-state index in [4.69, 9.17) is 4.74 Å². The molecule has 1 amide bonds. The molecule has 3 rings (SSSR count). The Morgan fingerprint density at radius 3 is 2.64 bits per heavy atom. The molecule has 9 heteroatoms. The van der Waals surface area contributed by atoms with Crippen LogP contribution >= 0.6 is 11.3 Å². The minimum absolute atomic E-state index is 0.157. The highest BCUT2D eigenvalue weighted by Crippen LogP contribution is 2.50. The molecule has 1 heterocycles. The van der Waals surface area contributed by atoms with Gasteiger partial charge in [0.1, 0.15) is 5.00 Å². The summed E-state index contributed by atoms with van der Waals surface area (Å²) in [5.41, 5.74) is -0.296. The van der Waals surface area contributed by atoms with E-state index in [0.29, 0.717) is 35.6 Å². The Hall–Kier alpha value is -1.87. The van der Waals surface area contributed by atoms with Gasteiger partial charge in [0.05, 0.1) is 29.1 Å². The van der Waals surface area contributed by atoms with Gasteiger partial charge in [-0.1, -0.05) is 12.8 Å². The monoisotopic (exact) mass is 415 g/mol. The molecule has 0 aliphatic heterocycles. The van der Waals surface area contributed by atoms with Crippen LogP contribution in [0.2, 0.25) is 0 Å². The van der Waals surface area contributed by atoms with Crippen molar-refractivity contribution < 1.29 is 32.6 Å². The van der Waals surface area contributed by atoms with Crippen LogP contribution in [-0.4, -0.2) is 37.5 Å². The molecule has 1 aromatic rings. The van der Waals surface area contributed by atoms with Gasteiger partial charge in [-0.25, -0.2) is 4.79 Å². The number of fused-ring (bicyclic) bond motifs is 1. The summed E-state index contributed by atoms with van der Waals surface area (Å²) in [5, 5.41) is 2.86. The fraction of sp³-hybridized carbons (Fsp3) is 0.632. The highest BCUT2D eigenvalue weighted by Gasteiger charge is 2.49. The van der Waals surface area contributed by atoms with Crippen molar-refractivity contribution in [2.45, 2.75) is 52.6 Å². The predicted molar refractivity (Wildman–Crippen MR) is 99.0 cm³/mol. The van der Waals surface area contributed by atoms with E-state index < -0.39 is 18.0 Å². The average Bonchev–Trinajstić information content (AvgIpc) is 3.35. The zero-order chi connectivity index (χ0) is 20.5. The van der Waals surface area contributed by atoms with E-state index in [-0.39, 0.29) is 35.5 Å². The van der Waals surface area contributed by atoms with E-state index in [2.05, 4.69) is 10.1 Å². The van der Waals surface area contributed by atoms with Gasteiger partial charge in [0.15, 0.2) is 5.78 Å². The molecule has 1 aromatic heterocycles. The van der Waals surface area contributed by atoms with Crippen LogP contribution in [0.15, 0.2) is 0 Å². The van der Waals surface area contributed by atoms with Crippen LogP contribution < -0.4 is 5.32 Å². The molecule has 1 atom stereocenters. The Labute approximate surface area is 165 Å². The third-order valence-electron chi connectivity index (χ3n) is 5.18. The minimum Gasteiger partial charge on any atom is -0.462 e. The maximum atomic E-state index is 13.4. The number of nitrogens with one attached hydrogen (secondary N) is 1. The standard InChI is InChI=1S/C19H23F2NO5S/c1-3-26-17(25)13-12-6-7-19(8-11-4-5-11,9-27-18(20)21)15(24)14(12)28-16(13)22-10(2)23/h11,18H,3-9H2,1-2H3,(H,22,23). The van der Waals surface area contributed by atoms with Crippen molar-refractivity contribution >= 4 is 34.0 Å². The van der Waals surface area contributed by atoms with Gasteiger partial charge in [-0.3, -0.25) is 9.59 Å². The summed E-state index contributed by atoms with van der Waals surface area (Å²) in [6, 6.07) is 0. The molecule has 6 nitrogen and oxygen atoms in total. The number of halogens is 2. The molecule has 2 aliphatic carbocycles.